The predicted molar refractivity (Wildman–Crippen MR) is 87.2 cm³/mol. The minimum atomic E-state index is -0.220. The standard InChI is InChI=1S/C12H17N3S.HI/c1-9-6-5-7-10(8-9)15-11(16-4)13-12(2,3)14-15;/h5-8,14H,1-4H3;1H. The third-order valence-corrected chi connectivity index (χ3v) is 3.03. The lowest BCUT2D eigenvalue weighted by Crippen LogP contribution is -2.44. The molecule has 2 rings (SSSR count). The lowest BCUT2D eigenvalue weighted by molar-refractivity contribution is 0.448. The molecule has 0 aliphatic carbocycles. The number of halogens is 1. The third kappa shape index (κ3) is 3.35. The summed E-state index contributed by atoms with van der Waals surface area (Å²) in [5.74, 6) is 0. The number of nitrogens with zero attached hydrogens (tertiary/aromatic N) is 2. The van der Waals surface area contributed by atoms with Crippen LogP contribution in [0.5, 0.6) is 0 Å². The van der Waals surface area contributed by atoms with E-state index in [-0.39, 0.29) is 29.6 Å². The number of anilines is 1. The van der Waals surface area contributed by atoms with Crippen LogP contribution in [-0.4, -0.2) is 17.1 Å². The Morgan fingerprint density at radius 2 is 2.06 bits per heavy atom. The van der Waals surface area contributed by atoms with Crippen LogP contribution in [0.3, 0.4) is 0 Å². The van der Waals surface area contributed by atoms with Crippen LogP contribution < -0.4 is 10.4 Å². The Morgan fingerprint density at radius 1 is 1.35 bits per heavy atom. The van der Waals surface area contributed by atoms with E-state index in [4.69, 9.17) is 0 Å². The first-order valence-corrected chi connectivity index (χ1v) is 6.53. The molecule has 3 nitrogen and oxygen atoms in total. The summed E-state index contributed by atoms with van der Waals surface area (Å²) in [7, 11) is 0. The molecule has 0 saturated carbocycles. The average Bonchev–Trinajstić information content (AvgIpc) is 2.54. The van der Waals surface area contributed by atoms with Crippen molar-refractivity contribution < 1.29 is 0 Å². The van der Waals surface area contributed by atoms with Crippen molar-refractivity contribution in [2.45, 2.75) is 26.4 Å². The summed E-state index contributed by atoms with van der Waals surface area (Å²) in [5, 5.41) is 3.06. The van der Waals surface area contributed by atoms with Crippen LogP contribution in [-0.2, 0) is 0 Å². The molecule has 0 saturated heterocycles. The molecular weight excluding hydrogens is 345 g/mol. The zero-order chi connectivity index (χ0) is 11.8. The molecule has 0 aromatic heterocycles. The van der Waals surface area contributed by atoms with Crippen molar-refractivity contribution in [1.82, 2.24) is 5.43 Å². The normalized spacial score (nSPS) is 17.6. The van der Waals surface area contributed by atoms with Gasteiger partial charge in [-0.1, -0.05) is 23.9 Å². The Morgan fingerprint density at radius 3 is 2.65 bits per heavy atom. The number of benzene rings is 1. The molecule has 0 unspecified atom stereocenters. The third-order valence-electron chi connectivity index (χ3n) is 2.39. The Kier molecular flexibility index (Phi) is 4.86. The summed E-state index contributed by atoms with van der Waals surface area (Å²) < 4.78 is 0. The van der Waals surface area contributed by atoms with E-state index in [9.17, 15) is 0 Å². The van der Waals surface area contributed by atoms with E-state index in [1.165, 1.54) is 5.56 Å². The monoisotopic (exact) mass is 363 g/mol. The van der Waals surface area contributed by atoms with Gasteiger partial charge in [0.1, 0.15) is 5.66 Å². The van der Waals surface area contributed by atoms with Gasteiger partial charge in [-0.15, -0.1) is 24.0 Å². The topological polar surface area (TPSA) is 27.6 Å². The molecule has 0 spiro atoms. The average molecular weight is 363 g/mol. The van der Waals surface area contributed by atoms with Gasteiger partial charge in [0.15, 0.2) is 5.17 Å². The molecule has 1 aliphatic rings. The molecule has 1 aliphatic heterocycles. The van der Waals surface area contributed by atoms with E-state index in [1.54, 1.807) is 11.8 Å². The fourth-order valence-electron chi connectivity index (χ4n) is 1.71. The van der Waals surface area contributed by atoms with Crippen LogP contribution in [0, 0.1) is 6.92 Å². The van der Waals surface area contributed by atoms with E-state index in [0.717, 1.165) is 10.9 Å². The molecule has 94 valence electrons. The number of amidine groups is 1. The van der Waals surface area contributed by atoms with Crippen molar-refractivity contribution in [2.75, 3.05) is 11.3 Å². The Hall–Kier alpha value is -0.270. The molecule has 1 aromatic carbocycles. The number of aliphatic imine (C=N–C) groups is 1. The van der Waals surface area contributed by atoms with Gasteiger partial charge in [-0.3, -0.25) is 5.01 Å². The minimum Gasteiger partial charge on any atom is -0.252 e. The van der Waals surface area contributed by atoms with Crippen molar-refractivity contribution in [2.24, 2.45) is 4.99 Å². The molecule has 0 atom stereocenters. The van der Waals surface area contributed by atoms with Gasteiger partial charge in [-0.2, -0.15) is 0 Å². The molecule has 1 N–H and O–H groups in total. The summed E-state index contributed by atoms with van der Waals surface area (Å²) in [6.07, 6.45) is 2.05. The zero-order valence-corrected chi connectivity index (χ0v) is 13.7. The maximum atomic E-state index is 4.62. The maximum Gasteiger partial charge on any atom is 0.180 e. The number of rotatable bonds is 1. The van der Waals surface area contributed by atoms with Gasteiger partial charge >= 0.3 is 0 Å². The summed E-state index contributed by atoms with van der Waals surface area (Å²) in [6, 6.07) is 8.41. The highest BCUT2D eigenvalue weighted by Crippen LogP contribution is 2.26. The Balaban J connectivity index is 0.00000144. The largest absolute Gasteiger partial charge is 0.252 e. The van der Waals surface area contributed by atoms with Crippen molar-refractivity contribution >= 4 is 46.6 Å². The Labute approximate surface area is 124 Å². The molecule has 0 radical (unpaired) electrons. The quantitative estimate of drug-likeness (QED) is 0.776. The maximum absolute atomic E-state index is 4.62. The number of thioether (sulfide) groups is 1. The van der Waals surface area contributed by atoms with Crippen molar-refractivity contribution in [3.63, 3.8) is 0 Å². The second kappa shape index (κ2) is 5.58. The van der Waals surface area contributed by atoms with Gasteiger partial charge in [0.2, 0.25) is 0 Å². The Bertz CT molecular complexity index is 432. The summed E-state index contributed by atoms with van der Waals surface area (Å²) in [6.45, 7) is 6.23. The number of aryl methyl sites for hydroxylation is 1. The van der Waals surface area contributed by atoms with E-state index in [0.29, 0.717) is 0 Å². The van der Waals surface area contributed by atoms with Gasteiger partial charge in [0, 0.05) is 0 Å². The predicted octanol–water partition coefficient (Wildman–Crippen LogP) is 3.39. The first kappa shape index (κ1) is 14.8. The van der Waals surface area contributed by atoms with Gasteiger partial charge in [0.05, 0.1) is 5.69 Å². The van der Waals surface area contributed by atoms with E-state index in [2.05, 4.69) is 60.5 Å². The molecule has 0 amide bonds. The number of hydrazine groups is 1. The lowest BCUT2D eigenvalue weighted by Gasteiger charge is -2.23. The SMILES string of the molecule is CSC1=NC(C)(C)NN1c1cccc(C)c1.I. The molecule has 0 fully saturated rings. The molecular formula is C12H18IN3S. The summed E-state index contributed by atoms with van der Waals surface area (Å²) in [5.41, 5.74) is 5.56. The summed E-state index contributed by atoms with van der Waals surface area (Å²) >= 11 is 1.66. The smallest absolute Gasteiger partial charge is 0.180 e. The molecule has 0 bridgehead atoms. The van der Waals surface area contributed by atoms with Crippen LogP contribution >= 0.6 is 35.7 Å². The minimum absolute atomic E-state index is 0. The van der Waals surface area contributed by atoms with Gasteiger partial charge in [-0.25, -0.2) is 10.4 Å². The van der Waals surface area contributed by atoms with Crippen molar-refractivity contribution in [3.8, 4) is 0 Å². The highest BCUT2D eigenvalue weighted by molar-refractivity contribution is 14.0. The second-order valence-electron chi connectivity index (χ2n) is 4.44. The highest BCUT2D eigenvalue weighted by Gasteiger charge is 2.30. The van der Waals surface area contributed by atoms with Crippen LogP contribution in [0.1, 0.15) is 19.4 Å². The molecule has 1 aromatic rings. The molecule has 5 heteroatoms. The number of hydrogen-bond acceptors (Lipinski definition) is 4. The second-order valence-corrected chi connectivity index (χ2v) is 5.22. The number of hydrogen-bond donors (Lipinski definition) is 1. The fourth-order valence-corrected chi connectivity index (χ4v) is 2.37. The summed E-state index contributed by atoms with van der Waals surface area (Å²) in [4.78, 5) is 4.62. The van der Waals surface area contributed by atoms with Crippen molar-refractivity contribution in [1.29, 1.82) is 0 Å². The van der Waals surface area contributed by atoms with Gasteiger partial charge in [-0.05, 0) is 44.7 Å². The zero-order valence-electron chi connectivity index (χ0n) is 10.5. The van der Waals surface area contributed by atoms with Crippen molar-refractivity contribution in [3.05, 3.63) is 29.8 Å². The highest BCUT2D eigenvalue weighted by atomic mass is 127. The van der Waals surface area contributed by atoms with Crippen LogP contribution in [0.2, 0.25) is 0 Å². The van der Waals surface area contributed by atoms with Crippen LogP contribution in [0.4, 0.5) is 5.69 Å². The van der Waals surface area contributed by atoms with E-state index >= 15 is 0 Å². The van der Waals surface area contributed by atoms with Gasteiger partial charge in [0.25, 0.3) is 0 Å². The molecule has 1 heterocycles. The van der Waals surface area contributed by atoms with Crippen LogP contribution in [0.25, 0.3) is 0 Å². The fraction of sp³-hybridized carbons (Fsp3) is 0.417. The first-order valence-electron chi connectivity index (χ1n) is 5.30. The first-order chi connectivity index (χ1) is 7.52. The van der Waals surface area contributed by atoms with Crippen LogP contribution in [0.15, 0.2) is 29.3 Å². The van der Waals surface area contributed by atoms with E-state index < -0.39 is 0 Å². The molecule has 17 heavy (non-hydrogen) atoms. The van der Waals surface area contributed by atoms with E-state index in [1.807, 2.05) is 6.26 Å². The van der Waals surface area contributed by atoms with Gasteiger partial charge < -0.3 is 0 Å². The lowest BCUT2D eigenvalue weighted by atomic mass is 10.2. The number of nitrogens with one attached hydrogen (secondary N) is 1.